The van der Waals surface area contributed by atoms with Gasteiger partial charge in [0, 0.05) is 24.8 Å². The molecular weight excluding hydrogens is 404 g/mol. The van der Waals surface area contributed by atoms with Gasteiger partial charge in [-0.1, -0.05) is 12.1 Å². The van der Waals surface area contributed by atoms with E-state index in [9.17, 15) is 22.4 Å². The molecule has 2 rings (SSSR count). The second-order valence-electron chi connectivity index (χ2n) is 6.35. The molecule has 162 valence electrons. The molecule has 30 heavy (non-hydrogen) atoms. The third kappa shape index (κ3) is 7.98. The molecule has 6 nitrogen and oxygen atoms in total. The number of benzene rings is 2. The Hall–Kier alpha value is -3.30. The normalized spacial score (nSPS) is 11.7. The molecule has 0 bridgehead atoms. The van der Waals surface area contributed by atoms with E-state index in [0.717, 1.165) is 5.56 Å². The first-order chi connectivity index (χ1) is 14.2. The zero-order chi connectivity index (χ0) is 22.1. The zero-order valence-corrected chi connectivity index (χ0v) is 16.4. The summed E-state index contributed by atoms with van der Waals surface area (Å²) in [6, 6.07) is 10.2. The van der Waals surface area contributed by atoms with Gasteiger partial charge in [-0.05, 0) is 42.8 Å². The van der Waals surface area contributed by atoms with Crippen molar-refractivity contribution in [3.63, 3.8) is 0 Å². The topological polar surface area (TPSA) is 74.8 Å². The maximum atomic E-state index is 12.9. The Morgan fingerprint density at radius 1 is 1.10 bits per heavy atom. The molecule has 2 aromatic carbocycles. The van der Waals surface area contributed by atoms with E-state index in [1.165, 1.54) is 37.4 Å². The number of aryl methyl sites for hydroxylation is 1. The van der Waals surface area contributed by atoms with Crippen molar-refractivity contribution >= 4 is 17.6 Å². The van der Waals surface area contributed by atoms with Crippen molar-refractivity contribution in [2.45, 2.75) is 19.6 Å². The van der Waals surface area contributed by atoms with Crippen molar-refractivity contribution in [3.8, 4) is 5.75 Å². The number of nitrogens with one attached hydrogen (secondary N) is 3. The van der Waals surface area contributed by atoms with E-state index in [2.05, 4.69) is 20.9 Å². The summed E-state index contributed by atoms with van der Waals surface area (Å²) in [5, 5.41) is 8.30. The van der Waals surface area contributed by atoms with Crippen LogP contribution in [0.2, 0.25) is 0 Å². The number of ether oxygens (including phenoxy) is 1. The third-order valence-electron chi connectivity index (χ3n) is 3.83. The number of hydrogen-bond acceptors (Lipinski definition) is 3. The summed E-state index contributed by atoms with van der Waals surface area (Å²) in [5.74, 6) is -0.407. The van der Waals surface area contributed by atoms with Gasteiger partial charge < -0.3 is 20.7 Å². The Kier molecular flexibility index (Phi) is 8.02. The van der Waals surface area contributed by atoms with Crippen LogP contribution in [-0.2, 0) is 11.3 Å². The van der Waals surface area contributed by atoms with Crippen molar-refractivity contribution in [3.05, 3.63) is 59.4 Å². The zero-order valence-electron chi connectivity index (χ0n) is 16.4. The maximum Gasteiger partial charge on any atom is 0.422 e. The van der Waals surface area contributed by atoms with E-state index in [4.69, 9.17) is 4.74 Å². The van der Waals surface area contributed by atoms with E-state index in [0.29, 0.717) is 11.3 Å². The summed E-state index contributed by atoms with van der Waals surface area (Å²) in [4.78, 5) is 16.0. The number of amides is 1. The summed E-state index contributed by atoms with van der Waals surface area (Å²) in [6.07, 6.45) is -4.44. The fourth-order valence-corrected chi connectivity index (χ4v) is 2.40. The van der Waals surface area contributed by atoms with Crippen LogP contribution in [0.1, 0.15) is 11.1 Å². The van der Waals surface area contributed by atoms with E-state index in [1.54, 1.807) is 19.1 Å². The number of hydrogen-bond donors (Lipinski definition) is 3. The first-order valence-corrected chi connectivity index (χ1v) is 8.95. The lowest BCUT2D eigenvalue weighted by atomic mass is 10.1. The van der Waals surface area contributed by atoms with Crippen LogP contribution in [0.5, 0.6) is 5.75 Å². The molecule has 2 aromatic rings. The number of carbonyl (C=O) groups excluding carboxylic acids is 1. The highest BCUT2D eigenvalue weighted by Crippen LogP contribution is 2.23. The minimum atomic E-state index is -4.44. The van der Waals surface area contributed by atoms with Gasteiger partial charge in [0.25, 0.3) is 0 Å². The van der Waals surface area contributed by atoms with Gasteiger partial charge in [0.2, 0.25) is 5.91 Å². The minimum absolute atomic E-state index is 0.115. The molecule has 3 N–H and O–H groups in total. The Bertz CT molecular complexity index is 883. The van der Waals surface area contributed by atoms with Gasteiger partial charge in [-0.3, -0.25) is 9.79 Å². The minimum Gasteiger partial charge on any atom is -0.484 e. The Morgan fingerprint density at radius 2 is 1.80 bits per heavy atom. The largest absolute Gasteiger partial charge is 0.484 e. The molecule has 0 saturated carbocycles. The van der Waals surface area contributed by atoms with E-state index in [-0.39, 0.29) is 30.7 Å². The average molecular weight is 426 g/mol. The number of carbonyl (C=O) groups is 1. The predicted molar refractivity (Wildman–Crippen MR) is 106 cm³/mol. The third-order valence-corrected chi connectivity index (χ3v) is 3.83. The second-order valence-corrected chi connectivity index (χ2v) is 6.35. The van der Waals surface area contributed by atoms with Gasteiger partial charge in [0.15, 0.2) is 12.6 Å². The fraction of sp³-hybridized carbons (Fsp3) is 0.300. The first kappa shape index (κ1) is 23.0. The van der Waals surface area contributed by atoms with Gasteiger partial charge in [-0.25, -0.2) is 4.39 Å². The summed E-state index contributed by atoms with van der Waals surface area (Å²) < 4.78 is 55.2. The number of guanidine groups is 1. The fourth-order valence-electron chi connectivity index (χ4n) is 2.40. The van der Waals surface area contributed by atoms with Gasteiger partial charge in [-0.15, -0.1) is 0 Å². The molecular formula is C20H22F4N4O2. The molecule has 0 heterocycles. The van der Waals surface area contributed by atoms with Crippen molar-refractivity contribution in [1.82, 2.24) is 10.6 Å². The highest BCUT2D eigenvalue weighted by Gasteiger charge is 2.28. The standard InChI is InChI=1S/C20H22F4N4O2/c1-13-3-4-14(17(9-13)30-12-20(22,23)24)10-26-19(25-2)27-11-18(29)28-16-7-5-15(21)6-8-16/h3-9H,10-12H2,1-2H3,(H,28,29)(H2,25,26,27). The number of nitrogens with zero attached hydrogens (tertiary/aromatic N) is 1. The summed E-state index contributed by atoms with van der Waals surface area (Å²) in [5.41, 5.74) is 1.71. The summed E-state index contributed by atoms with van der Waals surface area (Å²) in [6.45, 7) is 0.368. The van der Waals surface area contributed by atoms with E-state index in [1.807, 2.05) is 0 Å². The highest BCUT2D eigenvalue weighted by molar-refractivity contribution is 5.94. The molecule has 0 aliphatic heterocycles. The van der Waals surface area contributed by atoms with Crippen LogP contribution in [0.4, 0.5) is 23.2 Å². The number of halogens is 4. The van der Waals surface area contributed by atoms with Crippen LogP contribution in [0.15, 0.2) is 47.5 Å². The lowest BCUT2D eigenvalue weighted by Crippen LogP contribution is -2.41. The number of rotatable bonds is 7. The predicted octanol–water partition coefficient (Wildman–Crippen LogP) is 3.38. The van der Waals surface area contributed by atoms with Crippen molar-refractivity contribution < 1.29 is 27.1 Å². The lowest BCUT2D eigenvalue weighted by molar-refractivity contribution is -0.153. The van der Waals surface area contributed by atoms with Crippen molar-refractivity contribution in [2.24, 2.45) is 4.99 Å². The second kappa shape index (κ2) is 10.5. The Labute approximate surface area is 171 Å². The van der Waals surface area contributed by atoms with E-state index < -0.39 is 18.6 Å². The molecule has 0 aromatic heterocycles. The lowest BCUT2D eigenvalue weighted by Gasteiger charge is -2.16. The smallest absolute Gasteiger partial charge is 0.422 e. The molecule has 1 amide bonds. The summed E-state index contributed by atoms with van der Waals surface area (Å²) >= 11 is 0. The molecule has 0 unspecified atom stereocenters. The van der Waals surface area contributed by atoms with Gasteiger partial charge in [0.05, 0.1) is 6.54 Å². The van der Waals surface area contributed by atoms with Crippen molar-refractivity contribution in [1.29, 1.82) is 0 Å². The monoisotopic (exact) mass is 426 g/mol. The first-order valence-electron chi connectivity index (χ1n) is 8.95. The van der Waals surface area contributed by atoms with Crippen LogP contribution >= 0.6 is 0 Å². The quantitative estimate of drug-likeness (QED) is 0.361. The number of anilines is 1. The highest BCUT2D eigenvalue weighted by atomic mass is 19.4. The van der Waals surface area contributed by atoms with Crippen molar-refractivity contribution in [2.75, 3.05) is 25.5 Å². The van der Waals surface area contributed by atoms with E-state index >= 15 is 0 Å². The van der Waals surface area contributed by atoms with Crippen LogP contribution < -0.4 is 20.7 Å². The molecule has 0 aliphatic rings. The van der Waals surface area contributed by atoms with Gasteiger partial charge >= 0.3 is 6.18 Å². The van der Waals surface area contributed by atoms with Crippen LogP contribution in [0, 0.1) is 12.7 Å². The molecule has 0 saturated heterocycles. The molecule has 10 heteroatoms. The number of aliphatic imine (C=N–C) groups is 1. The van der Waals surface area contributed by atoms with Crippen LogP contribution in [0.3, 0.4) is 0 Å². The molecule has 0 spiro atoms. The van der Waals surface area contributed by atoms with Gasteiger partial charge in [-0.2, -0.15) is 13.2 Å². The molecule has 0 fully saturated rings. The SMILES string of the molecule is CN=C(NCC(=O)Nc1ccc(F)cc1)NCc1ccc(C)cc1OCC(F)(F)F. The van der Waals surface area contributed by atoms with Crippen LogP contribution in [-0.4, -0.2) is 38.2 Å². The Balaban J connectivity index is 1.89. The van der Waals surface area contributed by atoms with Crippen LogP contribution in [0.25, 0.3) is 0 Å². The molecule has 0 aliphatic carbocycles. The Morgan fingerprint density at radius 3 is 2.43 bits per heavy atom. The molecule has 0 atom stereocenters. The summed E-state index contributed by atoms with van der Waals surface area (Å²) in [7, 11) is 1.49. The van der Waals surface area contributed by atoms with Gasteiger partial charge in [0.1, 0.15) is 11.6 Å². The molecule has 0 radical (unpaired) electrons. The average Bonchev–Trinajstić information content (AvgIpc) is 2.68. The number of alkyl halides is 3. The maximum absolute atomic E-state index is 12.9.